The van der Waals surface area contributed by atoms with Gasteiger partial charge in [0.05, 0.1) is 18.2 Å². The Morgan fingerprint density at radius 2 is 1.82 bits per heavy atom. The minimum atomic E-state index is -0.463. The summed E-state index contributed by atoms with van der Waals surface area (Å²) >= 11 is 12.1. The van der Waals surface area contributed by atoms with Gasteiger partial charge in [-0.2, -0.15) is 4.98 Å². The average molecular weight is 491 g/mol. The second-order valence-electron chi connectivity index (χ2n) is 7.90. The molecule has 1 unspecified atom stereocenters. The zero-order chi connectivity index (χ0) is 23.7. The molecule has 0 radical (unpaired) electrons. The van der Waals surface area contributed by atoms with E-state index in [-0.39, 0.29) is 5.82 Å². The van der Waals surface area contributed by atoms with Crippen LogP contribution in [-0.4, -0.2) is 20.2 Å². The summed E-state index contributed by atoms with van der Waals surface area (Å²) in [6.45, 7) is 2.40. The Balaban J connectivity index is 1.62. The number of hydrogen-bond acceptors (Lipinski definition) is 4. The first kappa shape index (κ1) is 22.3. The van der Waals surface area contributed by atoms with Crippen LogP contribution in [0.5, 0.6) is 0 Å². The van der Waals surface area contributed by atoms with E-state index in [1.807, 2.05) is 72.5 Å². The third-order valence-electron chi connectivity index (χ3n) is 5.75. The molecule has 0 saturated carbocycles. The third kappa shape index (κ3) is 4.32. The molecule has 1 aromatic heterocycles. The van der Waals surface area contributed by atoms with Crippen LogP contribution in [0.4, 0.5) is 4.39 Å². The number of aromatic nitrogens is 2. The SMILES string of the molecule is CC1=C(c2nc(-c3ccccc3)no2)C(c2cccc(F)c2)NC(=S)N1Cc1ccccc1Cl. The van der Waals surface area contributed by atoms with Gasteiger partial charge >= 0.3 is 0 Å². The Hall–Kier alpha value is -3.55. The molecule has 5 nitrogen and oxygen atoms in total. The Morgan fingerprint density at radius 3 is 2.59 bits per heavy atom. The van der Waals surface area contributed by atoms with Gasteiger partial charge in [-0.15, -0.1) is 0 Å². The van der Waals surface area contributed by atoms with Crippen LogP contribution < -0.4 is 5.32 Å². The Morgan fingerprint density at radius 1 is 1.06 bits per heavy atom. The number of rotatable bonds is 5. The molecule has 1 aliphatic rings. The van der Waals surface area contributed by atoms with E-state index in [0.29, 0.717) is 34.0 Å². The molecular formula is C26H20ClFN4OS. The highest BCUT2D eigenvalue weighted by atomic mass is 35.5. The van der Waals surface area contributed by atoms with E-state index in [0.717, 1.165) is 22.4 Å². The highest BCUT2D eigenvalue weighted by Gasteiger charge is 2.34. The van der Waals surface area contributed by atoms with E-state index in [2.05, 4.69) is 15.5 Å². The fourth-order valence-electron chi connectivity index (χ4n) is 4.02. The predicted molar refractivity (Wildman–Crippen MR) is 134 cm³/mol. The van der Waals surface area contributed by atoms with Crippen LogP contribution in [0.2, 0.25) is 5.02 Å². The van der Waals surface area contributed by atoms with Crippen LogP contribution in [0.1, 0.15) is 30.0 Å². The average Bonchev–Trinajstić information content (AvgIpc) is 3.33. The lowest BCUT2D eigenvalue weighted by molar-refractivity contribution is 0.396. The molecule has 0 saturated heterocycles. The normalized spacial score (nSPS) is 16.0. The molecule has 0 bridgehead atoms. The van der Waals surface area contributed by atoms with Gasteiger partial charge in [0.25, 0.3) is 5.89 Å². The van der Waals surface area contributed by atoms with Crippen molar-refractivity contribution in [2.24, 2.45) is 0 Å². The topological polar surface area (TPSA) is 54.2 Å². The molecule has 0 aliphatic carbocycles. The molecule has 0 amide bonds. The van der Waals surface area contributed by atoms with Crippen molar-refractivity contribution in [3.63, 3.8) is 0 Å². The molecule has 1 N–H and O–H groups in total. The summed E-state index contributed by atoms with van der Waals surface area (Å²) in [5.74, 6) is 0.473. The molecule has 170 valence electrons. The van der Waals surface area contributed by atoms with Gasteiger partial charge in [-0.25, -0.2) is 4.39 Å². The maximum atomic E-state index is 14.1. The van der Waals surface area contributed by atoms with E-state index < -0.39 is 6.04 Å². The summed E-state index contributed by atoms with van der Waals surface area (Å²) in [4.78, 5) is 6.61. The second-order valence-corrected chi connectivity index (χ2v) is 8.70. The van der Waals surface area contributed by atoms with Gasteiger partial charge < -0.3 is 14.7 Å². The van der Waals surface area contributed by atoms with Gasteiger partial charge in [-0.3, -0.25) is 0 Å². The Kier molecular flexibility index (Phi) is 6.13. The highest BCUT2D eigenvalue weighted by molar-refractivity contribution is 7.80. The van der Waals surface area contributed by atoms with E-state index in [4.69, 9.17) is 28.3 Å². The minimum Gasteiger partial charge on any atom is -0.351 e. The lowest BCUT2D eigenvalue weighted by Crippen LogP contribution is -2.45. The number of hydrogen-bond donors (Lipinski definition) is 1. The number of thiocarbonyl (C=S) groups is 1. The summed E-state index contributed by atoms with van der Waals surface area (Å²) in [5, 5.41) is 8.68. The van der Waals surface area contributed by atoms with Crippen LogP contribution >= 0.6 is 23.8 Å². The molecule has 0 fully saturated rings. The standard InChI is InChI=1S/C26H20ClFN4OS/c1-16-22(25-30-24(31-33-25)17-8-3-2-4-9-17)23(18-11-7-12-20(28)14-18)29-26(34)32(16)15-19-10-5-6-13-21(19)27/h2-14,23H,15H2,1H3,(H,29,34). The third-order valence-corrected chi connectivity index (χ3v) is 6.46. The fourth-order valence-corrected chi connectivity index (χ4v) is 4.53. The summed E-state index contributed by atoms with van der Waals surface area (Å²) in [7, 11) is 0. The van der Waals surface area contributed by atoms with Gasteiger partial charge in [-0.05, 0) is 48.5 Å². The molecule has 4 aromatic rings. The first-order valence-corrected chi connectivity index (χ1v) is 11.5. The zero-order valence-corrected chi connectivity index (χ0v) is 19.8. The van der Waals surface area contributed by atoms with Gasteiger partial charge in [-0.1, -0.05) is 77.4 Å². The van der Waals surface area contributed by atoms with E-state index in [9.17, 15) is 4.39 Å². The van der Waals surface area contributed by atoms with Crippen LogP contribution in [-0.2, 0) is 6.54 Å². The number of benzene rings is 3. The van der Waals surface area contributed by atoms with Crippen molar-refractivity contribution in [1.29, 1.82) is 0 Å². The molecule has 0 spiro atoms. The van der Waals surface area contributed by atoms with Crippen LogP contribution in [0.3, 0.4) is 0 Å². The lowest BCUT2D eigenvalue weighted by Gasteiger charge is -2.37. The van der Waals surface area contributed by atoms with Crippen molar-refractivity contribution in [2.75, 3.05) is 0 Å². The summed E-state index contributed by atoms with van der Waals surface area (Å²) in [6.07, 6.45) is 0. The quantitative estimate of drug-likeness (QED) is 0.327. The molecule has 34 heavy (non-hydrogen) atoms. The minimum absolute atomic E-state index is 0.337. The molecule has 1 atom stereocenters. The molecule has 1 aliphatic heterocycles. The first-order chi connectivity index (χ1) is 16.5. The molecular weight excluding hydrogens is 471 g/mol. The fraction of sp³-hybridized carbons (Fsp3) is 0.115. The molecule has 5 rings (SSSR count). The molecule has 2 heterocycles. The lowest BCUT2D eigenvalue weighted by atomic mass is 9.94. The van der Waals surface area contributed by atoms with Crippen LogP contribution in [0.15, 0.2) is 89.1 Å². The maximum Gasteiger partial charge on any atom is 0.258 e. The van der Waals surface area contributed by atoms with Gasteiger partial charge in [0.1, 0.15) is 5.82 Å². The summed E-state index contributed by atoms with van der Waals surface area (Å²) < 4.78 is 19.8. The highest BCUT2D eigenvalue weighted by Crippen LogP contribution is 2.38. The van der Waals surface area contributed by atoms with Crippen molar-refractivity contribution in [3.05, 3.63) is 112 Å². The zero-order valence-electron chi connectivity index (χ0n) is 18.2. The van der Waals surface area contributed by atoms with E-state index in [1.165, 1.54) is 12.1 Å². The Bertz CT molecular complexity index is 1390. The smallest absolute Gasteiger partial charge is 0.258 e. The van der Waals surface area contributed by atoms with Crippen molar-refractivity contribution < 1.29 is 8.91 Å². The van der Waals surface area contributed by atoms with Gasteiger partial charge in [0, 0.05) is 16.3 Å². The number of nitrogens with zero attached hydrogens (tertiary/aromatic N) is 3. The molecule has 3 aromatic carbocycles. The molecule has 8 heteroatoms. The van der Waals surface area contributed by atoms with Crippen LogP contribution in [0.25, 0.3) is 17.0 Å². The number of halogens is 2. The van der Waals surface area contributed by atoms with Gasteiger partial charge in [0.15, 0.2) is 5.11 Å². The number of allylic oxidation sites excluding steroid dienone is 1. The monoisotopic (exact) mass is 490 g/mol. The van der Waals surface area contributed by atoms with Crippen molar-refractivity contribution in [3.8, 4) is 11.4 Å². The largest absolute Gasteiger partial charge is 0.351 e. The number of nitrogens with one attached hydrogen (secondary N) is 1. The first-order valence-electron chi connectivity index (χ1n) is 10.7. The van der Waals surface area contributed by atoms with E-state index in [1.54, 1.807) is 6.07 Å². The second kappa shape index (κ2) is 9.37. The van der Waals surface area contributed by atoms with Crippen molar-refractivity contribution in [1.82, 2.24) is 20.4 Å². The van der Waals surface area contributed by atoms with Crippen molar-refractivity contribution in [2.45, 2.75) is 19.5 Å². The summed E-state index contributed by atoms with van der Waals surface area (Å²) in [6, 6.07) is 23.1. The van der Waals surface area contributed by atoms with Gasteiger partial charge in [0.2, 0.25) is 5.82 Å². The summed E-state index contributed by atoms with van der Waals surface area (Å²) in [5.41, 5.74) is 4.01. The maximum absolute atomic E-state index is 14.1. The van der Waals surface area contributed by atoms with Crippen LogP contribution in [0, 0.1) is 5.82 Å². The van der Waals surface area contributed by atoms with E-state index >= 15 is 0 Å². The van der Waals surface area contributed by atoms with Crippen molar-refractivity contribution >= 4 is 34.5 Å². The Labute approximate surface area is 206 Å². The predicted octanol–water partition coefficient (Wildman–Crippen LogP) is 6.39.